The number of aliphatic carboxylic acids is 1. The van der Waals surface area contributed by atoms with Gasteiger partial charge in [-0.2, -0.15) is 0 Å². The molecular weight excluding hydrogens is 268 g/mol. The van der Waals surface area contributed by atoms with Crippen molar-refractivity contribution in [3.8, 4) is 11.5 Å². The van der Waals surface area contributed by atoms with Gasteiger partial charge in [0.25, 0.3) is 0 Å². The lowest BCUT2D eigenvalue weighted by Gasteiger charge is -2.29. The van der Waals surface area contributed by atoms with Crippen LogP contribution in [0.1, 0.15) is 31.4 Å². The second-order valence-corrected chi connectivity index (χ2v) is 5.75. The zero-order chi connectivity index (χ0) is 14.2. The van der Waals surface area contributed by atoms with Crippen LogP contribution in [0.3, 0.4) is 0 Å². The number of hydrogen-bond donors (Lipinski definition) is 1. The number of rotatable bonds is 3. The second kappa shape index (κ2) is 4.93. The average molecular weight is 285 g/mol. The van der Waals surface area contributed by atoms with Crippen LogP contribution in [-0.4, -0.2) is 24.3 Å². The molecule has 0 bridgehead atoms. The molecule has 0 amide bonds. The third kappa shape index (κ3) is 2.63. The van der Waals surface area contributed by atoms with Crippen LogP contribution in [-0.2, 0) is 10.2 Å². The van der Waals surface area contributed by atoms with E-state index in [1.807, 2.05) is 20.8 Å². The third-order valence-corrected chi connectivity index (χ3v) is 3.62. The molecule has 0 saturated carbocycles. The van der Waals surface area contributed by atoms with Gasteiger partial charge < -0.3 is 14.6 Å². The Hall–Kier alpha value is -1.42. The highest BCUT2D eigenvalue weighted by atomic mass is 35.5. The van der Waals surface area contributed by atoms with E-state index in [1.54, 1.807) is 6.07 Å². The van der Waals surface area contributed by atoms with E-state index in [4.69, 9.17) is 26.2 Å². The zero-order valence-electron chi connectivity index (χ0n) is 11.2. The molecule has 1 aromatic rings. The molecule has 0 aromatic heterocycles. The molecule has 1 N–H and O–H groups in total. The molecule has 0 fully saturated rings. The molecule has 0 radical (unpaired) electrons. The van der Waals surface area contributed by atoms with Gasteiger partial charge >= 0.3 is 5.97 Å². The third-order valence-electron chi connectivity index (χ3n) is 3.34. The smallest absolute Gasteiger partial charge is 0.304 e. The summed E-state index contributed by atoms with van der Waals surface area (Å²) in [5, 5.41) is 9.49. The second-order valence-electron chi connectivity index (χ2n) is 5.34. The van der Waals surface area contributed by atoms with Crippen molar-refractivity contribution in [2.24, 2.45) is 0 Å². The lowest BCUT2D eigenvalue weighted by atomic mass is 9.79. The van der Waals surface area contributed by atoms with Gasteiger partial charge in [0.1, 0.15) is 13.2 Å². The maximum Gasteiger partial charge on any atom is 0.304 e. The van der Waals surface area contributed by atoms with E-state index in [0.29, 0.717) is 29.7 Å². The first-order valence-corrected chi connectivity index (χ1v) is 6.51. The van der Waals surface area contributed by atoms with Crippen molar-refractivity contribution < 1.29 is 19.4 Å². The molecule has 1 aromatic carbocycles. The number of ether oxygens (including phenoxy) is 2. The van der Waals surface area contributed by atoms with Gasteiger partial charge in [-0.05, 0) is 24.1 Å². The van der Waals surface area contributed by atoms with Crippen molar-refractivity contribution in [2.45, 2.75) is 32.6 Å². The van der Waals surface area contributed by atoms with Crippen molar-refractivity contribution in [1.82, 2.24) is 0 Å². The normalized spacial score (nSPS) is 14.3. The molecule has 1 aliphatic rings. The minimum Gasteiger partial charge on any atom is -0.486 e. The minimum atomic E-state index is -0.838. The highest BCUT2D eigenvalue weighted by Gasteiger charge is 2.30. The summed E-state index contributed by atoms with van der Waals surface area (Å²) in [6.07, 6.45) is 0.0316. The molecule has 4 nitrogen and oxygen atoms in total. The summed E-state index contributed by atoms with van der Waals surface area (Å²) >= 11 is 6.21. The van der Waals surface area contributed by atoms with E-state index in [1.165, 1.54) is 0 Å². The Bertz CT molecular complexity index is 523. The largest absolute Gasteiger partial charge is 0.486 e. The predicted molar refractivity (Wildman–Crippen MR) is 72.5 cm³/mol. The fourth-order valence-electron chi connectivity index (χ4n) is 2.47. The molecule has 0 spiro atoms. The summed E-state index contributed by atoms with van der Waals surface area (Å²) in [5.74, 6) is 0.350. The number of carbonyl (C=O) groups is 1. The fourth-order valence-corrected chi connectivity index (χ4v) is 2.72. The fraction of sp³-hybridized carbons (Fsp3) is 0.500. The van der Waals surface area contributed by atoms with Gasteiger partial charge in [0.2, 0.25) is 0 Å². The van der Waals surface area contributed by atoms with E-state index in [-0.39, 0.29) is 6.42 Å². The van der Waals surface area contributed by atoms with Crippen LogP contribution in [0.2, 0.25) is 5.02 Å². The number of hydrogen-bond acceptors (Lipinski definition) is 3. The summed E-state index contributed by atoms with van der Waals surface area (Å²) in [6.45, 7) is 6.63. The molecule has 19 heavy (non-hydrogen) atoms. The van der Waals surface area contributed by atoms with Gasteiger partial charge in [-0.3, -0.25) is 4.79 Å². The van der Waals surface area contributed by atoms with Crippen LogP contribution < -0.4 is 9.47 Å². The first-order valence-electron chi connectivity index (χ1n) is 6.14. The Morgan fingerprint density at radius 1 is 1.37 bits per heavy atom. The minimum absolute atomic E-state index is 0.0316. The molecular formula is C14H17ClO4. The number of benzene rings is 1. The number of fused-ring (bicyclic) bond motifs is 1. The van der Waals surface area contributed by atoms with Crippen molar-refractivity contribution in [2.75, 3.05) is 13.2 Å². The summed E-state index contributed by atoms with van der Waals surface area (Å²) in [5.41, 5.74) is 1.25. The average Bonchev–Trinajstić information content (AvgIpc) is 2.32. The molecule has 0 unspecified atom stereocenters. The molecule has 0 aliphatic carbocycles. The summed E-state index contributed by atoms with van der Waals surface area (Å²) < 4.78 is 11.1. The quantitative estimate of drug-likeness (QED) is 0.926. The first kappa shape index (κ1) is 14.0. The number of carboxylic acid groups (broad SMARTS) is 1. The highest BCUT2D eigenvalue weighted by molar-refractivity contribution is 6.32. The Labute approximate surface area is 117 Å². The van der Waals surface area contributed by atoms with E-state index in [0.717, 1.165) is 11.1 Å². The van der Waals surface area contributed by atoms with E-state index < -0.39 is 11.4 Å². The standard InChI is InChI=1S/C14H17ClO4/c1-8-9(14(2,3)7-11(16)17)6-10(15)13-12(8)18-4-5-19-13/h6H,4-5,7H2,1-3H3,(H,16,17). The topological polar surface area (TPSA) is 55.8 Å². The Balaban J connectivity index is 2.53. The van der Waals surface area contributed by atoms with Crippen LogP contribution in [0.4, 0.5) is 0 Å². The van der Waals surface area contributed by atoms with Crippen LogP contribution in [0.25, 0.3) is 0 Å². The van der Waals surface area contributed by atoms with E-state index in [2.05, 4.69) is 0 Å². The molecule has 104 valence electrons. The predicted octanol–water partition coefficient (Wildman–Crippen LogP) is 3.17. The molecule has 2 rings (SSSR count). The number of carboxylic acids is 1. The van der Waals surface area contributed by atoms with Gasteiger partial charge in [-0.1, -0.05) is 25.4 Å². The maximum absolute atomic E-state index is 11.0. The van der Waals surface area contributed by atoms with Gasteiger partial charge in [-0.15, -0.1) is 0 Å². The lowest BCUT2D eigenvalue weighted by Crippen LogP contribution is -2.24. The Morgan fingerprint density at radius 3 is 2.53 bits per heavy atom. The van der Waals surface area contributed by atoms with Crippen LogP contribution >= 0.6 is 11.6 Å². The van der Waals surface area contributed by atoms with Crippen LogP contribution in [0.15, 0.2) is 6.07 Å². The molecule has 1 heterocycles. The Morgan fingerprint density at radius 2 is 1.95 bits per heavy atom. The molecule has 5 heteroatoms. The van der Waals surface area contributed by atoms with Crippen molar-refractivity contribution in [1.29, 1.82) is 0 Å². The number of halogens is 1. The van der Waals surface area contributed by atoms with Crippen LogP contribution in [0.5, 0.6) is 11.5 Å². The highest BCUT2D eigenvalue weighted by Crippen LogP contribution is 2.45. The van der Waals surface area contributed by atoms with E-state index in [9.17, 15) is 4.79 Å². The van der Waals surface area contributed by atoms with E-state index >= 15 is 0 Å². The van der Waals surface area contributed by atoms with Crippen molar-refractivity contribution >= 4 is 17.6 Å². The maximum atomic E-state index is 11.0. The van der Waals surface area contributed by atoms with Crippen molar-refractivity contribution in [3.63, 3.8) is 0 Å². The van der Waals surface area contributed by atoms with Gasteiger partial charge in [-0.25, -0.2) is 0 Å². The van der Waals surface area contributed by atoms with Crippen LogP contribution in [0, 0.1) is 6.92 Å². The molecule has 0 saturated heterocycles. The Kier molecular flexibility index (Phi) is 3.63. The summed E-state index contributed by atoms with van der Waals surface area (Å²) in [7, 11) is 0. The zero-order valence-corrected chi connectivity index (χ0v) is 12.0. The van der Waals surface area contributed by atoms with Gasteiger partial charge in [0.05, 0.1) is 11.4 Å². The van der Waals surface area contributed by atoms with Gasteiger partial charge in [0.15, 0.2) is 11.5 Å². The lowest BCUT2D eigenvalue weighted by molar-refractivity contribution is -0.138. The summed E-state index contributed by atoms with van der Waals surface area (Å²) in [4.78, 5) is 11.0. The first-order chi connectivity index (χ1) is 8.83. The monoisotopic (exact) mass is 284 g/mol. The summed E-state index contributed by atoms with van der Waals surface area (Å²) in [6, 6.07) is 1.79. The SMILES string of the molecule is Cc1c(C(C)(C)CC(=O)O)cc(Cl)c2c1OCCO2. The van der Waals surface area contributed by atoms with Crippen molar-refractivity contribution in [3.05, 3.63) is 22.2 Å². The molecule has 1 aliphatic heterocycles. The molecule has 0 atom stereocenters. The van der Waals surface area contributed by atoms with Gasteiger partial charge in [0, 0.05) is 5.41 Å².